The quantitative estimate of drug-likeness (QED) is 0.318. The Labute approximate surface area is 142 Å². The van der Waals surface area contributed by atoms with Crippen molar-refractivity contribution in [2.45, 2.75) is 36.5 Å². The highest BCUT2D eigenvalue weighted by atomic mass is 19.4. The van der Waals surface area contributed by atoms with Gasteiger partial charge in [-0.05, 0) is 0 Å². The van der Waals surface area contributed by atoms with Gasteiger partial charge in [0.05, 0.1) is 0 Å². The van der Waals surface area contributed by atoms with Crippen LogP contribution in [0.5, 0.6) is 0 Å². The Morgan fingerprint density at radius 1 is 0.857 bits per heavy atom. The van der Waals surface area contributed by atoms with Crippen LogP contribution in [0.15, 0.2) is 12.1 Å². The fraction of sp³-hybridized carbons (Fsp3) is 0.667. The number of alkyl halides is 11. The van der Waals surface area contributed by atoms with Gasteiger partial charge in [0, 0.05) is 0 Å². The van der Waals surface area contributed by atoms with Crippen LogP contribution in [0.3, 0.4) is 0 Å². The molecule has 2 atom stereocenters. The number of nitrogens with one attached hydrogen (secondary N) is 1. The molecule has 0 saturated carbocycles. The number of rotatable bonds is 8. The van der Waals surface area contributed by atoms with E-state index in [-0.39, 0.29) is 5.32 Å². The number of carboxylic acid groups (broad SMARTS) is 1. The zero-order valence-corrected chi connectivity index (χ0v) is 12.0. The number of amides is 1. The molecular weight excluding hydrogens is 452 g/mol. The monoisotopic (exact) mass is 455 g/mol. The van der Waals surface area contributed by atoms with E-state index in [0.29, 0.717) is 0 Å². The lowest BCUT2D eigenvalue weighted by molar-refractivity contribution is -0.519. The molecule has 0 bridgehead atoms. The minimum Gasteiger partial charge on any atom is -0.465 e. The van der Waals surface area contributed by atoms with Gasteiger partial charge in [0.2, 0.25) is 6.30 Å². The molecule has 2 N–H and O–H groups in total. The Kier molecular flexibility index (Phi) is 7.06. The van der Waals surface area contributed by atoms with Crippen LogP contribution in [0.2, 0.25) is 0 Å². The van der Waals surface area contributed by atoms with Gasteiger partial charge in [-0.2, -0.15) is 57.1 Å². The van der Waals surface area contributed by atoms with Gasteiger partial charge >= 0.3 is 48.4 Å². The van der Waals surface area contributed by atoms with Gasteiger partial charge in [-0.15, -0.1) is 0 Å². The van der Waals surface area contributed by atoms with E-state index in [1.54, 1.807) is 4.74 Å². The van der Waals surface area contributed by atoms with E-state index in [1.165, 1.54) is 0 Å². The molecule has 0 aromatic rings. The molecule has 0 radical (unpaired) electrons. The molecule has 0 aliphatic rings. The van der Waals surface area contributed by atoms with Crippen molar-refractivity contribution in [1.29, 1.82) is 0 Å². The molecule has 0 aromatic carbocycles. The van der Waals surface area contributed by atoms with Gasteiger partial charge < -0.3 is 9.84 Å². The normalized spacial score (nSPS) is 16.8. The second kappa shape index (κ2) is 7.66. The molecule has 0 spiro atoms. The molecule has 2 unspecified atom stereocenters. The first-order valence-corrected chi connectivity index (χ1v) is 5.75. The Hall–Kier alpha value is -2.21. The maximum absolute atomic E-state index is 13.5. The van der Waals surface area contributed by atoms with Crippen LogP contribution in [0.4, 0.5) is 66.3 Å². The van der Waals surface area contributed by atoms with Crippen molar-refractivity contribution in [3.63, 3.8) is 0 Å². The molecule has 28 heavy (non-hydrogen) atoms. The fourth-order valence-electron chi connectivity index (χ4n) is 1.09. The van der Waals surface area contributed by atoms with Crippen molar-refractivity contribution in [2.75, 3.05) is 0 Å². The third-order valence-electron chi connectivity index (χ3n) is 2.33. The summed E-state index contributed by atoms with van der Waals surface area (Å²) < 4.78 is 181. The summed E-state index contributed by atoms with van der Waals surface area (Å²) in [6, 6.07) is -3.94. The van der Waals surface area contributed by atoms with Gasteiger partial charge in [-0.3, -0.25) is 10.1 Å². The van der Waals surface area contributed by atoms with Gasteiger partial charge in [0.15, 0.2) is 0 Å². The predicted molar refractivity (Wildman–Crippen MR) is 53.3 cm³/mol. The molecule has 5 nitrogen and oxygen atoms in total. The second-order valence-corrected chi connectivity index (χ2v) is 4.30. The molecule has 0 rings (SSSR count). The van der Waals surface area contributed by atoms with Crippen LogP contribution < -0.4 is 5.32 Å². The lowest BCUT2D eigenvalue weighted by atomic mass is 10.2. The van der Waals surface area contributed by atoms with Crippen molar-refractivity contribution >= 4 is 6.09 Å². The Morgan fingerprint density at radius 2 is 1.29 bits per heavy atom. The maximum Gasteiger partial charge on any atom is 0.471 e. The van der Waals surface area contributed by atoms with Crippen LogP contribution in [0.25, 0.3) is 0 Å². The van der Waals surface area contributed by atoms with Gasteiger partial charge in [0.25, 0.3) is 0 Å². The molecule has 0 aliphatic carbocycles. The van der Waals surface area contributed by atoms with E-state index in [2.05, 4.69) is 0 Å². The molecule has 166 valence electrons. The first-order valence-electron chi connectivity index (χ1n) is 5.75. The third kappa shape index (κ3) is 4.98. The van der Waals surface area contributed by atoms with Crippen LogP contribution in [-0.4, -0.2) is 47.7 Å². The molecule has 0 fully saturated rings. The van der Waals surface area contributed by atoms with E-state index < -0.39 is 54.7 Å². The molecule has 0 saturated heterocycles. The highest BCUT2D eigenvalue weighted by Crippen LogP contribution is 2.53. The summed E-state index contributed by atoms with van der Waals surface area (Å²) in [4.78, 5) is 9.89. The summed E-state index contributed by atoms with van der Waals surface area (Å²) in [7, 11) is 0. The van der Waals surface area contributed by atoms with Gasteiger partial charge in [-0.1, -0.05) is 0 Å². The van der Waals surface area contributed by atoms with E-state index in [0.717, 1.165) is 0 Å². The minimum absolute atomic E-state index is 0.0496. The van der Waals surface area contributed by atoms with Crippen LogP contribution in [-0.2, 0) is 9.47 Å². The first-order chi connectivity index (χ1) is 12.1. The number of hydrogen-bond donors (Lipinski definition) is 2. The average molecular weight is 455 g/mol. The topological polar surface area (TPSA) is 67.8 Å². The standard InChI is InChI=1S/C9H3F14NO4/c10-1(11)2(12)27-9(22,23)6(16,7(17,18)19)28-8(20,21)5(14,15)3(13)24-4(25)26/h3,24H,(H,25,26). The summed E-state index contributed by atoms with van der Waals surface area (Å²) in [5.74, 6) is -14.3. The maximum atomic E-state index is 13.5. The highest BCUT2D eigenvalue weighted by Gasteiger charge is 2.81. The van der Waals surface area contributed by atoms with Crippen LogP contribution >= 0.6 is 0 Å². The Morgan fingerprint density at radius 3 is 1.61 bits per heavy atom. The summed E-state index contributed by atoms with van der Waals surface area (Å²) in [5.41, 5.74) is 0. The van der Waals surface area contributed by atoms with Crippen molar-refractivity contribution in [3.8, 4) is 0 Å². The zero-order valence-electron chi connectivity index (χ0n) is 12.0. The van der Waals surface area contributed by atoms with E-state index in [9.17, 15) is 66.3 Å². The largest absolute Gasteiger partial charge is 0.471 e. The van der Waals surface area contributed by atoms with Crippen LogP contribution in [0, 0.1) is 0 Å². The Bertz CT molecular complexity index is 614. The number of ether oxygens (including phenoxy) is 2. The number of carbonyl (C=O) groups is 1. The average Bonchev–Trinajstić information content (AvgIpc) is 2.43. The SMILES string of the molecule is O=C(O)NC(F)C(F)(F)C(F)(F)OC(F)(C(F)(F)F)C(F)(F)OC(F)=C(F)F. The number of hydrogen-bond acceptors (Lipinski definition) is 3. The van der Waals surface area contributed by atoms with E-state index >= 15 is 0 Å². The van der Waals surface area contributed by atoms with E-state index in [1.807, 2.05) is 4.74 Å². The minimum atomic E-state index is -7.50. The molecule has 0 heterocycles. The Balaban J connectivity index is 6.20. The lowest BCUT2D eigenvalue weighted by Crippen LogP contribution is -2.65. The summed E-state index contributed by atoms with van der Waals surface area (Å²) in [5, 5.41) is 7.82. The van der Waals surface area contributed by atoms with Gasteiger partial charge in [-0.25, -0.2) is 9.18 Å². The van der Waals surface area contributed by atoms with Crippen molar-refractivity contribution in [1.82, 2.24) is 5.32 Å². The molecule has 0 aromatic heterocycles. The molecular formula is C9H3F14NO4. The second-order valence-electron chi connectivity index (χ2n) is 4.30. The fourth-order valence-corrected chi connectivity index (χ4v) is 1.09. The lowest BCUT2D eigenvalue weighted by Gasteiger charge is -2.37. The summed E-state index contributed by atoms with van der Waals surface area (Å²) >= 11 is 0. The van der Waals surface area contributed by atoms with Crippen molar-refractivity contribution < 1.29 is 80.8 Å². The molecule has 19 heteroatoms. The highest BCUT2D eigenvalue weighted by molar-refractivity contribution is 5.64. The van der Waals surface area contributed by atoms with Crippen LogP contribution in [0.1, 0.15) is 0 Å². The molecule has 1 amide bonds. The molecule has 0 aliphatic heterocycles. The first kappa shape index (κ1) is 25.8. The summed E-state index contributed by atoms with van der Waals surface area (Å²) in [6.07, 6.45) is -33.6. The van der Waals surface area contributed by atoms with E-state index in [4.69, 9.17) is 5.11 Å². The predicted octanol–water partition coefficient (Wildman–Crippen LogP) is 4.67. The summed E-state index contributed by atoms with van der Waals surface area (Å²) in [6.45, 7) is 0. The third-order valence-corrected chi connectivity index (χ3v) is 2.33. The smallest absolute Gasteiger partial charge is 0.465 e. The van der Waals surface area contributed by atoms with Crippen molar-refractivity contribution in [3.05, 3.63) is 12.1 Å². The zero-order chi connectivity index (χ0) is 22.9. The number of halogens is 14. The van der Waals surface area contributed by atoms with Gasteiger partial charge in [0.1, 0.15) is 0 Å². The van der Waals surface area contributed by atoms with Crippen molar-refractivity contribution in [2.24, 2.45) is 0 Å².